The van der Waals surface area contributed by atoms with E-state index < -0.39 is 0 Å². The number of hydrogen-bond donors (Lipinski definition) is 1. The first kappa shape index (κ1) is 12.5. The van der Waals surface area contributed by atoms with E-state index in [-0.39, 0.29) is 0 Å². The van der Waals surface area contributed by atoms with E-state index in [0.29, 0.717) is 5.92 Å². The predicted molar refractivity (Wildman–Crippen MR) is 73.6 cm³/mol. The van der Waals surface area contributed by atoms with E-state index in [2.05, 4.69) is 34.1 Å². The summed E-state index contributed by atoms with van der Waals surface area (Å²) in [5, 5.41) is 3.07. The number of pyridine rings is 1. The van der Waals surface area contributed by atoms with Crippen molar-refractivity contribution in [3.8, 4) is 11.3 Å². The number of aryl methyl sites for hydroxylation is 1. The topological polar surface area (TPSA) is 50.7 Å². The molecule has 0 unspecified atom stereocenters. The lowest BCUT2D eigenvalue weighted by molar-refractivity contribution is 0.777. The first-order valence-corrected chi connectivity index (χ1v) is 6.10. The summed E-state index contributed by atoms with van der Waals surface area (Å²) in [4.78, 5) is 13.3. The highest BCUT2D eigenvalue weighted by Gasteiger charge is 2.09. The lowest BCUT2D eigenvalue weighted by Crippen LogP contribution is -2.03. The van der Waals surface area contributed by atoms with Crippen molar-refractivity contribution in [3.05, 3.63) is 35.9 Å². The molecule has 0 atom stereocenters. The predicted octanol–water partition coefficient (Wildman–Crippen LogP) is 3.01. The van der Waals surface area contributed by atoms with Crippen LogP contribution in [0.25, 0.3) is 11.3 Å². The molecule has 0 radical (unpaired) electrons. The van der Waals surface area contributed by atoms with Crippen LogP contribution >= 0.6 is 0 Å². The Balaban J connectivity index is 2.49. The number of anilines is 1. The van der Waals surface area contributed by atoms with Crippen LogP contribution in [0.2, 0.25) is 0 Å². The Morgan fingerprint density at radius 1 is 1.17 bits per heavy atom. The van der Waals surface area contributed by atoms with Crippen molar-refractivity contribution in [3.63, 3.8) is 0 Å². The third-order valence-corrected chi connectivity index (χ3v) is 2.72. The van der Waals surface area contributed by atoms with Crippen LogP contribution in [0.4, 0.5) is 5.82 Å². The molecule has 18 heavy (non-hydrogen) atoms. The molecule has 0 saturated heterocycles. The van der Waals surface area contributed by atoms with E-state index in [1.165, 1.54) is 0 Å². The zero-order valence-corrected chi connectivity index (χ0v) is 11.2. The fourth-order valence-corrected chi connectivity index (χ4v) is 1.62. The third kappa shape index (κ3) is 2.64. The molecule has 0 aliphatic rings. The SMILES string of the molecule is CNc1cc(-c2ccc(C)nc2)nc(C(C)C)n1. The second-order valence-corrected chi connectivity index (χ2v) is 4.59. The van der Waals surface area contributed by atoms with E-state index >= 15 is 0 Å². The van der Waals surface area contributed by atoms with Crippen molar-refractivity contribution < 1.29 is 0 Å². The standard InChI is InChI=1S/C14H18N4/c1-9(2)14-17-12(7-13(15-4)18-14)11-6-5-10(3)16-8-11/h5-9H,1-4H3,(H,15,17,18). The quantitative estimate of drug-likeness (QED) is 0.898. The highest BCUT2D eigenvalue weighted by atomic mass is 15.0. The van der Waals surface area contributed by atoms with Crippen LogP contribution in [-0.4, -0.2) is 22.0 Å². The molecule has 0 fully saturated rings. The minimum atomic E-state index is 0.301. The van der Waals surface area contributed by atoms with Gasteiger partial charge >= 0.3 is 0 Å². The van der Waals surface area contributed by atoms with E-state index in [9.17, 15) is 0 Å². The van der Waals surface area contributed by atoms with Gasteiger partial charge in [-0.2, -0.15) is 0 Å². The molecule has 0 amide bonds. The normalized spacial score (nSPS) is 10.7. The molecular weight excluding hydrogens is 224 g/mol. The Hall–Kier alpha value is -1.97. The van der Waals surface area contributed by atoms with Crippen LogP contribution in [0.15, 0.2) is 24.4 Å². The van der Waals surface area contributed by atoms with Crippen molar-refractivity contribution in [1.82, 2.24) is 15.0 Å². The largest absolute Gasteiger partial charge is 0.373 e. The zero-order chi connectivity index (χ0) is 13.1. The second-order valence-electron chi connectivity index (χ2n) is 4.59. The van der Waals surface area contributed by atoms with Gasteiger partial charge in [-0.05, 0) is 19.1 Å². The van der Waals surface area contributed by atoms with E-state index in [1.54, 1.807) is 0 Å². The van der Waals surface area contributed by atoms with Crippen LogP contribution in [0.5, 0.6) is 0 Å². The number of hydrogen-bond acceptors (Lipinski definition) is 4. The van der Waals surface area contributed by atoms with Gasteiger partial charge in [0, 0.05) is 36.5 Å². The lowest BCUT2D eigenvalue weighted by Gasteiger charge is -2.10. The Morgan fingerprint density at radius 3 is 2.50 bits per heavy atom. The third-order valence-electron chi connectivity index (χ3n) is 2.72. The summed E-state index contributed by atoms with van der Waals surface area (Å²) < 4.78 is 0. The summed E-state index contributed by atoms with van der Waals surface area (Å²) in [7, 11) is 1.86. The van der Waals surface area contributed by atoms with Gasteiger partial charge in [0.1, 0.15) is 11.6 Å². The van der Waals surface area contributed by atoms with Crippen molar-refractivity contribution in [2.24, 2.45) is 0 Å². The summed E-state index contributed by atoms with van der Waals surface area (Å²) >= 11 is 0. The van der Waals surface area contributed by atoms with Crippen molar-refractivity contribution in [1.29, 1.82) is 0 Å². The van der Waals surface area contributed by atoms with Crippen molar-refractivity contribution >= 4 is 5.82 Å². The van der Waals surface area contributed by atoms with Gasteiger partial charge in [-0.1, -0.05) is 13.8 Å². The summed E-state index contributed by atoms with van der Waals surface area (Å²) in [6.07, 6.45) is 1.85. The second kappa shape index (κ2) is 5.12. The summed E-state index contributed by atoms with van der Waals surface area (Å²) in [5.41, 5.74) is 2.93. The first-order valence-electron chi connectivity index (χ1n) is 6.10. The molecule has 4 nitrogen and oxygen atoms in total. The zero-order valence-electron chi connectivity index (χ0n) is 11.2. The Kier molecular flexibility index (Phi) is 3.55. The Morgan fingerprint density at radius 2 is 1.94 bits per heavy atom. The molecule has 0 spiro atoms. The molecule has 94 valence electrons. The van der Waals surface area contributed by atoms with Crippen LogP contribution in [0.1, 0.15) is 31.3 Å². The number of nitrogens with zero attached hydrogens (tertiary/aromatic N) is 3. The van der Waals surface area contributed by atoms with Crippen LogP contribution < -0.4 is 5.32 Å². The molecule has 2 rings (SSSR count). The molecule has 0 aliphatic heterocycles. The summed E-state index contributed by atoms with van der Waals surface area (Å²) in [5.74, 6) is 1.98. The first-order chi connectivity index (χ1) is 8.60. The van der Waals surface area contributed by atoms with E-state index in [0.717, 1.165) is 28.6 Å². The van der Waals surface area contributed by atoms with E-state index in [1.807, 2.05) is 38.4 Å². The van der Waals surface area contributed by atoms with Gasteiger partial charge in [-0.3, -0.25) is 4.98 Å². The van der Waals surface area contributed by atoms with Crippen LogP contribution in [-0.2, 0) is 0 Å². The van der Waals surface area contributed by atoms with Gasteiger partial charge < -0.3 is 5.32 Å². The molecule has 0 bridgehead atoms. The highest BCUT2D eigenvalue weighted by Crippen LogP contribution is 2.21. The highest BCUT2D eigenvalue weighted by molar-refractivity contribution is 5.61. The molecule has 0 aromatic carbocycles. The molecule has 1 N–H and O–H groups in total. The number of aromatic nitrogens is 3. The Labute approximate surface area is 108 Å². The van der Waals surface area contributed by atoms with Crippen LogP contribution in [0, 0.1) is 6.92 Å². The molecule has 2 aromatic rings. The van der Waals surface area contributed by atoms with Crippen molar-refractivity contribution in [2.75, 3.05) is 12.4 Å². The maximum absolute atomic E-state index is 4.59. The molecule has 0 saturated carbocycles. The number of rotatable bonds is 3. The van der Waals surface area contributed by atoms with Gasteiger partial charge in [-0.15, -0.1) is 0 Å². The Bertz CT molecular complexity index is 532. The summed E-state index contributed by atoms with van der Waals surface area (Å²) in [6.45, 7) is 6.15. The van der Waals surface area contributed by atoms with Gasteiger partial charge in [-0.25, -0.2) is 9.97 Å². The minimum Gasteiger partial charge on any atom is -0.373 e. The average Bonchev–Trinajstić information content (AvgIpc) is 2.39. The summed E-state index contributed by atoms with van der Waals surface area (Å²) in [6, 6.07) is 5.97. The molecule has 4 heteroatoms. The maximum Gasteiger partial charge on any atom is 0.133 e. The van der Waals surface area contributed by atoms with Gasteiger partial charge in [0.25, 0.3) is 0 Å². The molecule has 2 aromatic heterocycles. The monoisotopic (exact) mass is 242 g/mol. The average molecular weight is 242 g/mol. The van der Waals surface area contributed by atoms with Crippen LogP contribution in [0.3, 0.4) is 0 Å². The molecular formula is C14H18N4. The van der Waals surface area contributed by atoms with E-state index in [4.69, 9.17) is 0 Å². The molecule has 0 aliphatic carbocycles. The lowest BCUT2D eigenvalue weighted by atomic mass is 10.1. The van der Waals surface area contributed by atoms with Gasteiger partial charge in [0.2, 0.25) is 0 Å². The smallest absolute Gasteiger partial charge is 0.133 e. The fourth-order valence-electron chi connectivity index (χ4n) is 1.62. The van der Waals surface area contributed by atoms with Crippen molar-refractivity contribution in [2.45, 2.75) is 26.7 Å². The van der Waals surface area contributed by atoms with Gasteiger partial charge in [0.05, 0.1) is 5.69 Å². The molecule has 2 heterocycles. The number of nitrogens with one attached hydrogen (secondary N) is 1. The maximum atomic E-state index is 4.59. The van der Waals surface area contributed by atoms with Gasteiger partial charge in [0.15, 0.2) is 0 Å². The fraction of sp³-hybridized carbons (Fsp3) is 0.357. The minimum absolute atomic E-state index is 0.301.